The van der Waals surface area contributed by atoms with Gasteiger partial charge >= 0.3 is 0 Å². The van der Waals surface area contributed by atoms with Crippen molar-refractivity contribution in [3.8, 4) is 0 Å². The second-order valence-electron chi connectivity index (χ2n) is 5.05. The first-order valence-corrected chi connectivity index (χ1v) is 6.36. The fraction of sp³-hybridized carbons (Fsp3) is 0.533. The van der Waals surface area contributed by atoms with Crippen LogP contribution in [0.5, 0.6) is 0 Å². The number of ketones is 1. The molecule has 1 aliphatic carbocycles. The summed E-state index contributed by atoms with van der Waals surface area (Å²) in [7, 11) is 0. The van der Waals surface area contributed by atoms with Gasteiger partial charge in [0.05, 0.1) is 0 Å². The van der Waals surface area contributed by atoms with Crippen molar-refractivity contribution in [1.29, 1.82) is 0 Å². The molecule has 2 heteroatoms. The molecule has 0 radical (unpaired) electrons. The van der Waals surface area contributed by atoms with E-state index in [1.807, 2.05) is 13.0 Å². The molecule has 0 aliphatic heterocycles. The maximum Gasteiger partial charge on any atom is 0.143 e. The van der Waals surface area contributed by atoms with E-state index in [0.29, 0.717) is 5.78 Å². The van der Waals surface area contributed by atoms with Gasteiger partial charge in [-0.25, -0.2) is 4.39 Å². The van der Waals surface area contributed by atoms with Crippen LogP contribution < -0.4 is 0 Å². The highest BCUT2D eigenvalue weighted by molar-refractivity contribution is 5.95. The number of hydrogen-bond donors (Lipinski definition) is 0. The maximum absolute atomic E-state index is 13.3. The fourth-order valence-electron chi connectivity index (χ4n) is 3.49. The quantitative estimate of drug-likeness (QED) is 0.774. The Hall–Kier alpha value is -1.18. The number of carbonyl (C=O) groups excluding carboxylic acids is 1. The Bertz CT molecular complexity index is 434. The van der Waals surface area contributed by atoms with Crippen molar-refractivity contribution in [3.05, 3.63) is 35.6 Å². The summed E-state index contributed by atoms with van der Waals surface area (Å²) in [5, 5.41) is 0. The average Bonchev–Trinajstić information content (AvgIpc) is 2.34. The van der Waals surface area contributed by atoms with Crippen LogP contribution in [0.25, 0.3) is 0 Å². The summed E-state index contributed by atoms with van der Waals surface area (Å²) >= 11 is 0. The Labute approximate surface area is 102 Å². The van der Waals surface area contributed by atoms with Crippen LogP contribution in [0, 0.1) is 17.2 Å². The van der Waals surface area contributed by atoms with E-state index in [-0.39, 0.29) is 23.1 Å². The third-order valence-electron chi connectivity index (χ3n) is 4.47. The summed E-state index contributed by atoms with van der Waals surface area (Å²) in [6.07, 6.45) is 1.68. The van der Waals surface area contributed by atoms with E-state index in [4.69, 9.17) is 0 Å². The van der Waals surface area contributed by atoms with E-state index in [9.17, 15) is 9.18 Å². The van der Waals surface area contributed by atoms with E-state index < -0.39 is 0 Å². The molecule has 1 nitrogen and oxygen atoms in total. The summed E-state index contributed by atoms with van der Waals surface area (Å²) in [6, 6.07) is 6.70. The molecule has 0 saturated heterocycles. The number of rotatable bonds is 3. The maximum atomic E-state index is 13.3. The summed E-state index contributed by atoms with van der Waals surface area (Å²) in [6.45, 7) is 6.07. The van der Waals surface area contributed by atoms with Crippen LogP contribution in [-0.2, 0) is 4.79 Å². The Morgan fingerprint density at radius 3 is 2.47 bits per heavy atom. The largest absolute Gasteiger partial charge is 0.299 e. The van der Waals surface area contributed by atoms with Crippen molar-refractivity contribution in [2.24, 2.45) is 11.3 Å². The minimum absolute atomic E-state index is 0.0247. The van der Waals surface area contributed by atoms with Gasteiger partial charge in [-0.05, 0) is 30.5 Å². The van der Waals surface area contributed by atoms with Gasteiger partial charge in [0.1, 0.15) is 11.6 Å². The van der Waals surface area contributed by atoms with Gasteiger partial charge < -0.3 is 0 Å². The second kappa shape index (κ2) is 4.25. The van der Waals surface area contributed by atoms with E-state index in [1.165, 1.54) is 6.07 Å². The molecule has 17 heavy (non-hydrogen) atoms. The van der Waals surface area contributed by atoms with Gasteiger partial charge in [0.15, 0.2) is 0 Å². The predicted octanol–water partition coefficient (Wildman–Crippen LogP) is 3.93. The van der Waals surface area contributed by atoms with Gasteiger partial charge in [0, 0.05) is 17.3 Å². The normalized spacial score (nSPS) is 26.7. The van der Waals surface area contributed by atoms with Crippen molar-refractivity contribution in [1.82, 2.24) is 0 Å². The predicted molar refractivity (Wildman–Crippen MR) is 66.3 cm³/mol. The minimum Gasteiger partial charge on any atom is -0.299 e. The average molecular weight is 234 g/mol. The molecule has 2 rings (SSSR count). The smallest absolute Gasteiger partial charge is 0.143 e. The molecular formula is C15H19FO. The van der Waals surface area contributed by atoms with Gasteiger partial charge in [-0.3, -0.25) is 4.79 Å². The number of halogens is 1. The third kappa shape index (κ3) is 1.62. The van der Waals surface area contributed by atoms with Crippen LogP contribution in [0.2, 0.25) is 0 Å². The lowest BCUT2D eigenvalue weighted by Gasteiger charge is -2.52. The van der Waals surface area contributed by atoms with Crippen LogP contribution >= 0.6 is 0 Å². The minimum atomic E-state index is -0.257. The molecule has 2 atom stereocenters. The summed E-state index contributed by atoms with van der Waals surface area (Å²) in [5.74, 6) is 0.337. The molecule has 1 saturated carbocycles. The lowest BCUT2D eigenvalue weighted by atomic mass is 9.49. The summed E-state index contributed by atoms with van der Waals surface area (Å²) < 4.78 is 13.3. The van der Waals surface area contributed by atoms with E-state index in [1.54, 1.807) is 12.1 Å². The first-order valence-electron chi connectivity index (χ1n) is 6.36. The van der Waals surface area contributed by atoms with Crippen LogP contribution in [-0.4, -0.2) is 5.78 Å². The highest BCUT2D eigenvalue weighted by atomic mass is 19.1. The van der Waals surface area contributed by atoms with Crippen LogP contribution in [0.4, 0.5) is 4.39 Å². The lowest BCUT2D eigenvalue weighted by molar-refractivity contribution is -0.150. The number of Topliss-reactive ketones (excluding diaryl/α,β-unsaturated/α-hetero) is 1. The van der Waals surface area contributed by atoms with Crippen molar-refractivity contribution >= 4 is 5.78 Å². The molecule has 1 aliphatic rings. The summed E-state index contributed by atoms with van der Waals surface area (Å²) in [5.41, 5.74) is 0.716. The monoisotopic (exact) mass is 234 g/mol. The number of carbonyl (C=O) groups is 1. The van der Waals surface area contributed by atoms with E-state index in [0.717, 1.165) is 18.4 Å². The zero-order chi connectivity index (χ0) is 12.6. The highest BCUT2D eigenvalue weighted by Crippen LogP contribution is 2.57. The molecular weight excluding hydrogens is 215 g/mol. The molecule has 1 fully saturated rings. The van der Waals surface area contributed by atoms with Crippen molar-refractivity contribution in [2.45, 2.75) is 39.5 Å². The molecule has 0 N–H and O–H groups in total. The summed E-state index contributed by atoms with van der Waals surface area (Å²) in [4.78, 5) is 12.1. The van der Waals surface area contributed by atoms with Crippen LogP contribution in [0.1, 0.15) is 45.1 Å². The zero-order valence-electron chi connectivity index (χ0n) is 10.7. The van der Waals surface area contributed by atoms with Crippen molar-refractivity contribution in [2.75, 3.05) is 0 Å². The Morgan fingerprint density at radius 1 is 1.29 bits per heavy atom. The molecule has 1 aromatic rings. The molecule has 0 spiro atoms. The topological polar surface area (TPSA) is 17.1 Å². The molecule has 0 amide bonds. The van der Waals surface area contributed by atoms with Crippen LogP contribution in [0.3, 0.4) is 0 Å². The van der Waals surface area contributed by atoms with Gasteiger partial charge in [-0.15, -0.1) is 0 Å². The Kier molecular flexibility index (Phi) is 3.07. The highest BCUT2D eigenvalue weighted by Gasteiger charge is 2.57. The molecule has 1 aromatic carbocycles. The SMILES string of the molecule is CCC1(CC)C(=O)C(C)C1c1cccc(F)c1. The zero-order valence-corrected chi connectivity index (χ0v) is 10.7. The number of hydrogen-bond acceptors (Lipinski definition) is 1. The van der Waals surface area contributed by atoms with E-state index >= 15 is 0 Å². The molecule has 0 aromatic heterocycles. The Balaban J connectivity index is 2.41. The Morgan fingerprint density at radius 2 is 1.94 bits per heavy atom. The second-order valence-corrected chi connectivity index (χ2v) is 5.05. The van der Waals surface area contributed by atoms with Crippen molar-refractivity contribution < 1.29 is 9.18 Å². The van der Waals surface area contributed by atoms with E-state index in [2.05, 4.69) is 13.8 Å². The number of benzene rings is 1. The molecule has 0 heterocycles. The first kappa shape index (κ1) is 12.3. The van der Waals surface area contributed by atoms with Gasteiger partial charge in [-0.2, -0.15) is 0 Å². The van der Waals surface area contributed by atoms with Gasteiger partial charge in [0.25, 0.3) is 0 Å². The first-order chi connectivity index (χ1) is 8.06. The molecule has 0 bridgehead atoms. The fourth-order valence-corrected chi connectivity index (χ4v) is 3.49. The van der Waals surface area contributed by atoms with Gasteiger partial charge in [0.2, 0.25) is 0 Å². The lowest BCUT2D eigenvalue weighted by Crippen LogP contribution is -2.54. The molecule has 2 unspecified atom stereocenters. The standard InChI is InChI=1S/C15H19FO/c1-4-15(5-2)13(10(3)14(15)17)11-7-6-8-12(16)9-11/h6-10,13H,4-5H2,1-3H3. The van der Waals surface area contributed by atoms with Crippen LogP contribution in [0.15, 0.2) is 24.3 Å². The van der Waals surface area contributed by atoms with Crippen molar-refractivity contribution in [3.63, 3.8) is 0 Å². The third-order valence-corrected chi connectivity index (χ3v) is 4.47. The molecule has 92 valence electrons. The van der Waals surface area contributed by atoms with Gasteiger partial charge in [-0.1, -0.05) is 32.9 Å².